The van der Waals surface area contributed by atoms with E-state index in [9.17, 15) is 24.0 Å². The largest absolute Gasteiger partial charge is 0.481 e. The smallest absolute Gasteiger partial charge is 0.330 e. The number of urea groups is 1. The van der Waals surface area contributed by atoms with Gasteiger partial charge in [0.2, 0.25) is 17.7 Å². The van der Waals surface area contributed by atoms with Gasteiger partial charge in [0.05, 0.1) is 11.7 Å². The van der Waals surface area contributed by atoms with Crippen LogP contribution in [0.1, 0.15) is 59.8 Å². The number of amides is 6. The minimum Gasteiger partial charge on any atom is -0.481 e. The highest BCUT2D eigenvalue weighted by Crippen LogP contribution is 2.31. The van der Waals surface area contributed by atoms with Gasteiger partial charge in [0.1, 0.15) is 18.1 Å². The summed E-state index contributed by atoms with van der Waals surface area (Å²) in [6, 6.07) is 8.14. The zero-order valence-corrected chi connectivity index (χ0v) is 28.9. The second kappa shape index (κ2) is 19.5. The maximum absolute atomic E-state index is 14.3. The van der Waals surface area contributed by atoms with E-state index < -0.39 is 59.8 Å². The summed E-state index contributed by atoms with van der Waals surface area (Å²) in [5, 5.41) is 22.1. The van der Waals surface area contributed by atoms with E-state index in [4.69, 9.17) is 32.5 Å². The first-order chi connectivity index (χ1) is 23.5. The van der Waals surface area contributed by atoms with Gasteiger partial charge in [-0.15, -0.1) is 0 Å². The average Bonchev–Trinajstić information content (AvgIpc) is 3.54. The van der Waals surface area contributed by atoms with Crippen LogP contribution in [0.25, 0.3) is 10.8 Å². The van der Waals surface area contributed by atoms with Crippen molar-refractivity contribution < 1.29 is 33.9 Å². The predicted molar refractivity (Wildman–Crippen MR) is 188 cm³/mol. The Bertz CT molecular complexity index is 1520. The number of carboxylic acid groups (broad SMARTS) is 1. The summed E-state index contributed by atoms with van der Waals surface area (Å²) in [6.45, 7) is 7.03. The van der Waals surface area contributed by atoms with Crippen molar-refractivity contribution in [1.82, 2.24) is 26.4 Å². The van der Waals surface area contributed by atoms with Crippen LogP contribution >= 0.6 is 0 Å². The molecule has 0 aromatic heterocycles. The normalized spacial score (nSPS) is 15.5. The Morgan fingerprint density at radius 2 is 1.66 bits per heavy atom. The van der Waals surface area contributed by atoms with Crippen molar-refractivity contribution in [3.63, 3.8) is 0 Å². The van der Waals surface area contributed by atoms with E-state index in [2.05, 4.69) is 16.1 Å². The minimum atomic E-state index is -1.08. The molecule has 1 fully saturated rings. The van der Waals surface area contributed by atoms with Crippen LogP contribution in [0.3, 0.4) is 0 Å². The number of nitrogens with zero attached hydrogens (tertiary/aromatic N) is 2. The van der Waals surface area contributed by atoms with E-state index in [1.54, 1.807) is 13.0 Å². The first kappa shape index (κ1) is 40.7. The number of hydrogen-bond donors (Lipinski definition) is 9. The van der Waals surface area contributed by atoms with Crippen molar-refractivity contribution >= 4 is 58.0 Å². The second-order valence-electron chi connectivity index (χ2n) is 12.4. The van der Waals surface area contributed by atoms with Crippen molar-refractivity contribution in [2.75, 3.05) is 18.0 Å². The maximum Gasteiger partial charge on any atom is 0.330 e. The van der Waals surface area contributed by atoms with Gasteiger partial charge < -0.3 is 37.8 Å². The Morgan fingerprint density at radius 1 is 1.02 bits per heavy atom. The molecule has 50 heavy (non-hydrogen) atoms. The molecule has 274 valence electrons. The molecule has 0 spiro atoms. The number of carbonyl (C=O) groups excluding carboxylic acids is 5. The fourth-order valence-electron chi connectivity index (χ4n) is 5.62. The molecule has 1 aliphatic rings. The van der Waals surface area contributed by atoms with E-state index in [1.165, 1.54) is 9.80 Å². The highest BCUT2D eigenvalue weighted by molar-refractivity contribution is 6.09. The molecule has 0 bridgehead atoms. The van der Waals surface area contributed by atoms with Gasteiger partial charge in [0, 0.05) is 25.4 Å². The lowest BCUT2D eigenvalue weighted by atomic mass is 9.97. The number of hydrazine groups is 1. The van der Waals surface area contributed by atoms with Crippen molar-refractivity contribution in [1.29, 1.82) is 5.41 Å². The number of rotatable bonds is 13. The molecular weight excluding hydrogens is 648 g/mol. The Hall–Kier alpha value is -5.45. The summed E-state index contributed by atoms with van der Waals surface area (Å²) in [5.74, 6) is -3.20. The number of benzene rings is 2. The molecule has 17 heteroatoms. The number of carboxylic acids is 1. The van der Waals surface area contributed by atoms with Crippen molar-refractivity contribution in [2.24, 2.45) is 23.1 Å². The van der Waals surface area contributed by atoms with E-state index in [-0.39, 0.29) is 37.8 Å². The fourth-order valence-corrected chi connectivity index (χ4v) is 5.62. The van der Waals surface area contributed by atoms with Gasteiger partial charge in [-0.25, -0.2) is 10.2 Å². The topological polar surface area (TPSA) is 279 Å². The summed E-state index contributed by atoms with van der Waals surface area (Å²) in [7, 11) is 0. The lowest BCUT2D eigenvalue weighted by Crippen LogP contribution is -2.59. The van der Waals surface area contributed by atoms with Crippen molar-refractivity contribution in [3.05, 3.63) is 42.5 Å². The molecule has 0 unspecified atom stereocenters. The van der Waals surface area contributed by atoms with Crippen LogP contribution in [0.2, 0.25) is 0 Å². The molecule has 2 aromatic carbocycles. The Labute approximate surface area is 291 Å². The van der Waals surface area contributed by atoms with E-state index in [0.717, 1.165) is 17.7 Å². The third-order valence-electron chi connectivity index (χ3n) is 7.71. The summed E-state index contributed by atoms with van der Waals surface area (Å²) < 4.78 is 0. The lowest BCUT2D eigenvalue weighted by Gasteiger charge is -2.35. The molecule has 12 N–H and O–H groups in total. The molecule has 1 saturated heterocycles. The SMILES string of the molecule is CC(=O)O.CC(C)C[C@@H](C(=O)N[C@@H](CCCNC(=N)N)C(=O)N1CCC[C@H]1C(=O)NNC(N)=O)N(C(=O)[C@@H](C)N)c1cccc2ccccc12. The van der Waals surface area contributed by atoms with Crippen LogP contribution in [-0.2, 0) is 24.0 Å². The molecule has 0 radical (unpaired) electrons. The first-order valence-corrected chi connectivity index (χ1v) is 16.3. The third kappa shape index (κ3) is 12.2. The molecule has 4 atom stereocenters. The number of nitrogens with two attached hydrogens (primary N) is 3. The Morgan fingerprint density at radius 3 is 2.26 bits per heavy atom. The van der Waals surface area contributed by atoms with Gasteiger partial charge in [0.15, 0.2) is 5.96 Å². The molecule has 17 nitrogen and oxygen atoms in total. The van der Waals surface area contributed by atoms with Crippen LogP contribution in [-0.4, -0.2) is 88.9 Å². The first-order valence-electron chi connectivity index (χ1n) is 16.3. The van der Waals surface area contributed by atoms with E-state index >= 15 is 0 Å². The second-order valence-corrected chi connectivity index (χ2v) is 12.4. The standard InChI is InChI=1S/C31H46N10O5.C2H4O2/c1-18(2)17-25(41(28(44)19(3)32)23-13-6-10-20-9-4-5-11-21(20)23)26(42)37-22(12-7-15-36-30(33)34)29(45)40-16-8-14-24(40)27(43)38-39-31(35)46;1-2(3)4/h4-6,9-11,13,18-19,22,24-25H,7-8,12,14-17,32H2,1-3H3,(H,37,42)(H,38,43)(H4,33,34,36)(H3,35,39,46);1H3,(H,3,4)/t19-,22+,24+,25+;/m1./s1. The maximum atomic E-state index is 14.3. The Kier molecular flexibility index (Phi) is 15.9. The van der Waals surface area contributed by atoms with Crippen LogP contribution in [0, 0.1) is 11.3 Å². The van der Waals surface area contributed by atoms with Crippen molar-refractivity contribution in [2.45, 2.75) is 84.0 Å². The number of nitrogens with one attached hydrogen (secondary N) is 5. The van der Waals surface area contributed by atoms with Crippen LogP contribution < -0.4 is 43.6 Å². The number of anilines is 1. The van der Waals surface area contributed by atoms with Crippen molar-refractivity contribution in [3.8, 4) is 0 Å². The lowest BCUT2D eigenvalue weighted by molar-refractivity contribution is -0.142. The number of fused-ring (bicyclic) bond motifs is 1. The number of likely N-dealkylation sites (tertiary alicyclic amines) is 1. The van der Waals surface area contributed by atoms with Gasteiger partial charge in [-0.05, 0) is 56.4 Å². The highest BCUT2D eigenvalue weighted by Gasteiger charge is 2.40. The van der Waals surface area contributed by atoms with E-state index in [0.29, 0.717) is 24.9 Å². The molecule has 0 aliphatic carbocycles. The zero-order chi connectivity index (χ0) is 37.5. The van der Waals surface area contributed by atoms with Crippen LogP contribution in [0.4, 0.5) is 10.5 Å². The zero-order valence-electron chi connectivity index (χ0n) is 28.9. The summed E-state index contributed by atoms with van der Waals surface area (Å²) >= 11 is 0. The molecule has 1 aliphatic heterocycles. The number of aliphatic carboxylic acids is 1. The molecule has 6 amide bonds. The summed E-state index contributed by atoms with van der Waals surface area (Å²) in [5.41, 5.74) is 21.4. The summed E-state index contributed by atoms with van der Waals surface area (Å²) in [4.78, 5) is 77.8. The number of carbonyl (C=O) groups is 6. The summed E-state index contributed by atoms with van der Waals surface area (Å²) in [6.07, 6.45) is 1.65. The number of primary amides is 1. The van der Waals surface area contributed by atoms with Gasteiger partial charge in [-0.2, -0.15) is 0 Å². The predicted octanol–water partition coefficient (Wildman–Crippen LogP) is 0.464. The van der Waals surface area contributed by atoms with Gasteiger partial charge in [-0.1, -0.05) is 50.2 Å². The van der Waals surface area contributed by atoms with Gasteiger partial charge >= 0.3 is 6.03 Å². The van der Waals surface area contributed by atoms with Crippen LogP contribution in [0.15, 0.2) is 42.5 Å². The minimum absolute atomic E-state index is 0.0209. The fraction of sp³-hybridized carbons (Fsp3) is 0.485. The quantitative estimate of drug-likeness (QED) is 0.0603. The molecular formula is C33H50N10O7. The van der Waals surface area contributed by atoms with Crippen LogP contribution in [0.5, 0.6) is 0 Å². The highest BCUT2D eigenvalue weighted by atomic mass is 16.4. The molecule has 1 heterocycles. The monoisotopic (exact) mass is 698 g/mol. The van der Waals surface area contributed by atoms with Gasteiger partial charge in [-0.3, -0.25) is 39.7 Å². The Balaban J connectivity index is 0.00000205. The number of hydrogen-bond acceptors (Lipinski definition) is 8. The molecule has 0 saturated carbocycles. The molecule has 3 rings (SSSR count). The third-order valence-corrected chi connectivity index (χ3v) is 7.71. The van der Waals surface area contributed by atoms with Gasteiger partial charge in [0.25, 0.3) is 11.9 Å². The van der Waals surface area contributed by atoms with E-state index in [1.807, 2.05) is 55.7 Å². The number of guanidine groups is 1. The molecule has 2 aromatic rings. The average molecular weight is 699 g/mol.